The van der Waals surface area contributed by atoms with E-state index in [1.165, 1.54) is 10.4 Å². The lowest BCUT2D eigenvalue weighted by Gasteiger charge is -2.19. The molecule has 1 aromatic carbocycles. The Morgan fingerprint density at radius 2 is 1.69 bits per heavy atom. The Morgan fingerprint density at radius 1 is 1.15 bits per heavy atom. The fraction of sp³-hybridized carbons (Fsp3) is 0.400. The minimum absolute atomic E-state index is 0.0197. The van der Waals surface area contributed by atoms with E-state index in [0.29, 0.717) is 0 Å². The van der Waals surface area contributed by atoms with Crippen LogP contribution in [0.5, 0.6) is 0 Å². The maximum absolute atomic E-state index is 5.81. The molecule has 0 aliphatic carbocycles. The monoisotopic (exact) mass is 210 g/mol. The van der Waals surface area contributed by atoms with Crippen LogP contribution in [0.3, 0.4) is 0 Å². The second kappa shape index (κ2) is 4.22. The van der Waals surface area contributed by atoms with Crippen molar-refractivity contribution in [2.24, 2.45) is 0 Å². The van der Waals surface area contributed by atoms with E-state index >= 15 is 0 Å². The summed E-state index contributed by atoms with van der Waals surface area (Å²) in [4.78, 5) is 0. The van der Waals surface area contributed by atoms with E-state index in [-0.39, 0.29) is 5.60 Å². The van der Waals surface area contributed by atoms with E-state index < -0.39 is 9.76 Å². The van der Waals surface area contributed by atoms with Gasteiger partial charge in [0.05, 0.1) is 0 Å². The minimum Gasteiger partial charge on any atom is -0.414 e. The normalized spacial score (nSPS) is 12.8. The third kappa shape index (κ3) is 4.40. The van der Waals surface area contributed by atoms with Gasteiger partial charge in [0.2, 0.25) is 0 Å². The zero-order chi connectivity index (χ0) is 9.90. The Hall–Kier alpha value is -0.386. The summed E-state index contributed by atoms with van der Waals surface area (Å²) in [6, 6.07) is 8.84. The van der Waals surface area contributed by atoms with Crippen LogP contribution in [0.2, 0.25) is 0 Å². The summed E-state index contributed by atoms with van der Waals surface area (Å²) in [5.74, 6) is 0. The summed E-state index contributed by atoms with van der Waals surface area (Å²) in [5, 5.41) is 2.85. The van der Waals surface area contributed by atoms with Crippen molar-refractivity contribution >= 4 is 30.4 Å². The number of benzene rings is 1. The van der Waals surface area contributed by atoms with Crippen LogP contribution in [0.1, 0.15) is 20.8 Å². The van der Waals surface area contributed by atoms with Gasteiger partial charge < -0.3 is 4.43 Å². The highest BCUT2D eigenvalue weighted by molar-refractivity contribution is 6.47. The molecule has 0 fully saturated rings. The summed E-state index contributed by atoms with van der Waals surface area (Å²) in [7, 11) is 0.625. The summed E-state index contributed by atoms with van der Waals surface area (Å²) in [6.45, 7) is 6.34. The number of rotatable bonds is 2. The van der Waals surface area contributed by atoms with Crippen molar-refractivity contribution in [2.75, 3.05) is 0 Å². The summed E-state index contributed by atoms with van der Waals surface area (Å²) in [5.41, 5.74) is 0.0197. The van der Waals surface area contributed by atoms with Gasteiger partial charge in [-0.25, -0.2) is 0 Å². The Morgan fingerprint density at radius 3 is 2.15 bits per heavy atom. The van der Waals surface area contributed by atoms with Crippen LogP contribution in [-0.4, -0.2) is 25.6 Å². The van der Waals surface area contributed by atoms with Gasteiger partial charge in [0, 0.05) is 15.8 Å². The fourth-order valence-electron chi connectivity index (χ4n) is 0.984. The Kier molecular flexibility index (Phi) is 3.47. The average molecular weight is 210 g/mol. The smallest absolute Gasteiger partial charge is 0.192 e. The molecule has 1 rings (SSSR count). The Balaban J connectivity index is 2.51. The minimum atomic E-state index is -0.516. The van der Waals surface area contributed by atoms with Crippen molar-refractivity contribution in [3.63, 3.8) is 0 Å². The molecule has 0 heterocycles. The van der Waals surface area contributed by atoms with Crippen molar-refractivity contribution in [3.8, 4) is 0 Å². The molecule has 1 aromatic rings. The molecule has 0 saturated carbocycles. The lowest BCUT2D eigenvalue weighted by atomic mass is 10.2. The second-order valence-electron chi connectivity index (χ2n) is 4.39. The van der Waals surface area contributed by atoms with Crippen LogP contribution < -0.4 is 10.4 Å². The molecule has 0 N–H and O–H groups in total. The zero-order valence-electron chi connectivity index (χ0n) is 8.92. The largest absolute Gasteiger partial charge is 0.414 e. The molecule has 13 heavy (non-hydrogen) atoms. The lowest BCUT2D eigenvalue weighted by molar-refractivity contribution is 0.142. The van der Waals surface area contributed by atoms with Gasteiger partial charge in [-0.2, -0.15) is 0 Å². The fourth-order valence-corrected chi connectivity index (χ4v) is 2.35. The molecule has 0 aromatic heterocycles. The van der Waals surface area contributed by atoms with E-state index in [1.54, 1.807) is 0 Å². The highest BCUT2D eigenvalue weighted by atomic mass is 28.2. The van der Waals surface area contributed by atoms with E-state index in [9.17, 15) is 0 Å². The van der Waals surface area contributed by atoms with E-state index in [4.69, 9.17) is 4.43 Å². The second-order valence-corrected chi connectivity index (χ2v) is 6.94. The van der Waals surface area contributed by atoms with Crippen LogP contribution in [0.4, 0.5) is 0 Å². The topological polar surface area (TPSA) is 9.23 Å². The molecule has 0 aliphatic heterocycles. The Labute approximate surface area is 85.9 Å². The van der Waals surface area contributed by atoms with Crippen LogP contribution in [0.25, 0.3) is 0 Å². The molecule has 3 heteroatoms. The third-order valence-corrected chi connectivity index (χ3v) is 4.27. The van der Waals surface area contributed by atoms with Gasteiger partial charge in [-0.3, -0.25) is 0 Å². The summed E-state index contributed by atoms with van der Waals surface area (Å²) < 4.78 is 5.81. The van der Waals surface area contributed by atoms with E-state index in [1.807, 2.05) is 0 Å². The van der Waals surface area contributed by atoms with Crippen LogP contribution in [0, 0.1) is 0 Å². The van der Waals surface area contributed by atoms with Gasteiger partial charge in [-0.1, -0.05) is 29.5 Å². The highest BCUT2D eigenvalue weighted by Gasteiger charge is 2.09. The lowest BCUT2D eigenvalue weighted by Crippen LogP contribution is -2.29. The van der Waals surface area contributed by atoms with Gasteiger partial charge in [0.25, 0.3) is 0 Å². The maximum atomic E-state index is 5.81. The maximum Gasteiger partial charge on any atom is 0.192 e. The van der Waals surface area contributed by atoms with Gasteiger partial charge in [-0.15, -0.1) is 0 Å². The molecule has 0 saturated heterocycles. The highest BCUT2D eigenvalue weighted by Crippen LogP contribution is 2.04. The molecule has 0 amide bonds. The standard InChI is InChI=1S/C10H18OSi2/c1-10(2,3)11-13-9-6-4-8(12)5-7-9/h4-7H,13H2,1-3,12H3. The van der Waals surface area contributed by atoms with Crippen LogP contribution in [0.15, 0.2) is 24.3 Å². The summed E-state index contributed by atoms with van der Waals surface area (Å²) in [6.07, 6.45) is 0. The molecular formula is C10H18OSi2. The van der Waals surface area contributed by atoms with E-state index in [2.05, 4.69) is 45.0 Å². The van der Waals surface area contributed by atoms with Crippen molar-refractivity contribution in [2.45, 2.75) is 26.4 Å². The average Bonchev–Trinajstić information content (AvgIpc) is 2.02. The van der Waals surface area contributed by atoms with Crippen LogP contribution in [-0.2, 0) is 4.43 Å². The Bertz CT molecular complexity index is 261. The molecule has 1 nitrogen and oxygen atoms in total. The predicted molar refractivity (Wildman–Crippen MR) is 65.0 cm³/mol. The SMILES string of the molecule is CC(C)(C)O[SiH2]c1ccc([SiH3])cc1. The molecule has 0 spiro atoms. The van der Waals surface area contributed by atoms with Crippen molar-refractivity contribution < 1.29 is 4.43 Å². The van der Waals surface area contributed by atoms with E-state index in [0.717, 1.165) is 10.2 Å². The quantitative estimate of drug-likeness (QED) is 0.581. The van der Waals surface area contributed by atoms with Gasteiger partial charge in [0.1, 0.15) is 0 Å². The van der Waals surface area contributed by atoms with Crippen molar-refractivity contribution in [3.05, 3.63) is 24.3 Å². The van der Waals surface area contributed by atoms with Crippen LogP contribution >= 0.6 is 0 Å². The molecule has 0 unspecified atom stereocenters. The molecule has 0 bridgehead atoms. The first-order valence-corrected chi connectivity index (χ1v) is 6.95. The third-order valence-electron chi connectivity index (χ3n) is 1.79. The summed E-state index contributed by atoms with van der Waals surface area (Å²) >= 11 is 0. The van der Waals surface area contributed by atoms with Gasteiger partial charge >= 0.3 is 0 Å². The predicted octanol–water partition coefficient (Wildman–Crippen LogP) is -0.799. The molecule has 0 atom stereocenters. The van der Waals surface area contributed by atoms with Gasteiger partial charge in [-0.05, 0) is 26.0 Å². The molecular weight excluding hydrogens is 192 g/mol. The first-order chi connectivity index (χ1) is 5.97. The zero-order valence-corrected chi connectivity index (χ0v) is 12.3. The molecule has 72 valence electrons. The first-order valence-electron chi connectivity index (χ1n) is 4.67. The van der Waals surface area contributed by atoms with Crippen molar-refractivity contribution in [1.29, 1.82) is 0 Å². The molecule has 0 radical (unpaired) electrons. The van der Waals surface area contributed by atoms with Crippen molar-refractivity contribution in [1.82, 2.24) is 0 Å². The number of hydrogen-bond donors (Lipinski definition) is 0. The molecule has 0 aliphatic rings. The first kappa shape index (κ1) is 10.7. The number of hydrogen-bond acceptors (Lipinski definition) is 1. The van der Waals surface area contributed by atoms with Gasteiger partial charge in [0.15, 0.2) is 9.76 Å².